The van der Waals surface area contributed by atoms with Crippen LogP contribution in [0.5, 0.6) is 0 Å². The van der Waals surface area contributed by atoms with E-state index in [4.69, 9.17) is 75.8 Å². The van der Waals surface area contributed by atoms with Crippen LogP contribution in [0.25, 0.3) is 0 Å². The zero-order valence-electron chi connectivity index (χ0n) is 87.5. The highest BCUT2D eigenvalue weighted by molar-refractivity contribution is 5.77. The number of aliphatic hydroxyl groups excluding tert-OH is 23. The van der Waals surface area contributed by atoms with Gasteiger partial charge in [-0.1, -0.05) is 231 Å². The van der Waals surface area contributed by atoms with Crippen LogP contribution in [0.2, 0.25) is 0 Å². The summed E-state index contributed by atoms with van der Waals surface area (Å²) in [5.41, 5.74) is 0. The lowest BCUT2D eigenvalue weighted by molar-refractivity contribution is -0.397. The lowest BCUT2D eigenvalue weighted by Crippen LogP contribution is -2.72. The fourth-order valence-corrected chi connectivity index (χ4v) is 20.4. The van der Waals surface area contributed by atoms with Crippen LogP contribution in [0.4, 0.5) is 0 Å². The van der Waals surface area contributed by atoms with E-state index in [0.717, 1.165) is 85.0 Å². The number of rotatable bonds is 69. The van der Waals surface area contributed by atoms with Gasteiger partial charge in [-0.15, -0.1) is 0 Å². The van der Waals surface area contributed by atoms with E-state index in [1.54, 1.807) is 6.08 Å². The maximum atomic E-state index is 13.8. The molecule has 8 fully saturated rings. The zero-order valence-corrected chi connectivity index (χ0v) is 87.5. The molecule has 43 atom stereocenters. The molecule has 0 spiro atoms. The third-order valence-electron chi connectivity index (χ3n) is 29.3. The van der Waals surface area contributed by atoms with Crippen molar-refractivity contribution in [1.29, 1.82) is 0 Å². The molecule has 0 aromatic rings. The largest absolute Gasteiger partial charge is 0.477 e. The summed E-state index contributed by atoms with van der Waals surface area (Å²) < 4.78 is 96.6. The SMILES string of the molecule is CCCCCCCCCCCCC/C=C/[C@@H](O)[C@H](CO[C@@H]1OC(CO)[C@@H](O[C@@H]2OC(CO)[C@H](O)[C@H](O[C@@H]3OC(CO)[C@@H](O[C@@H]4OC(CO)[C@H](O)[C@H](O[C@@H]5OC(CO)[C@@H](O[C@@H]6OC(CO[C@]7(C(=O)O)CC(O)[C@@H](NC(C)=O)C([C@H](O)[C@H](O)CO)O7)[C@H](O)[C@H](O)C6O)[C@H](O)C5NC(C)=O)C4O)[C@H](O[C@H]4OC(C)[C@@H](O)C(O)[C@@H]4O)C3NC(C)=O)C2O)[C@H](O)C1O)NC(=O)CCCCCCCCCCCCCCCCCCCCCCCCC. The Labute approximate surface area is 876 Å². The third kappa shape index (κ3) is 38.7. The van der Waals surface area contributed by atoms with Crippen LogP contribution < -0.4 is 21.3 Å². The van der Waals surface area contributed by atoms with Crippen LogP contribution in [0.1, 0.15) is 279 Å². The molecule has 8 heterocycles. The molecule has 0 saturated carbocycles. The van der Waals surface area contributed by atoms with Crippen molar-refractivity contribution >= 4 is 29.6 Å². The number of aliphatic hydroxyl groups is 23. The summed E-state index contributed by atoms with van der Waals surface area (Å²) in [5.74, 6) is -8.24. The standard InChI is InChI=1S/C101H180N4O45/c1-7-9-11-13-15-17-19-21-22-23-24-25-26-27-28-29-30-32-34-36-38-40-42-44-68(118)105-58(59(115)43-41-39-37-35-33-31-20-18-16-14-12-10-8-2)52-135-95-83(130)80(127)87(65(50-110)142-95)145-98-84(131)92(76(123)62(47-107)138-98)149-94-71(104-57(6)114)90(147-96-81(128)78(125)72(119)54(3)137-96)88(66(51-111)141-94)146-99-85(132)91(75(122)63(48-108)139-99)148-93-70(103-56(5)113)77(124)86(64(49-109)140-93)144-97-82(129)79(126)74(121)67(143-97)53-136-101(100(133)134)45-60(116)69(102-55(4)112)89(150-101)73(120)61(117)46-106/h41,43,54,58-67,69-99,106-111,115-117,119-132H,7-40,42,44-53H2,1-6H3,(H,102,112)(H,103,113)(H,104,114)(H,105,118)(H,133,134)/b43-41+/t54?,58-,59+,60?,61+,62?,63?,64?,65?,66?,67?,69+,70?,71?,72+,73+,74-,75-,76-,77+,78?,79-,80+,81-,82?,83?,84?,85?,86+,87+,88+,89?,90+,91-,92-,93-,94-,95+,96+,97-,98-,99-,101+/m0/s1. The fourth-order valence-electron chi connectivity index (χ4n) is 20.4. The van der Waals surface area contributed by atoms with E-state index in [1.807, 2.05) is 6.08 Å². The minimum Gasteiger partial charge on any atom is -0.477 e. The van der Waals surface area contributed by atoms with E-state index >= 15 is 0 Å². The molecule has 8 aliphatic rings. The van der Waals surface area contributed by atoms with Crippen LogP contribution in [-0.4, -0.2) is 468 Å². The lowest BCUT2D eigenvalue weighted by Gasteiger charge is -2.52. The first-order valence-corrected chi connectivity index (χ1v) is 54.5. The Kier molecular flexibility index (Phi) is 59.1. The number of carbonyl (C=O) groups excluding carboxylic acids is 4. The fraction of sp³-hybridized carbons (Fsp3) is 0.931. The molecule has 0 radical (unpaired) electrons. The van der Waals surface area contributed by atoms with Crippen molar-refractivity contribution in [2.75, 3.05) is 52.9 Å². The minimum atomic E-state index is -3.06. The summed E-state index contributed by atoms with van der Waals surface area (Å²) in [6.45, 7) is -0.0340. The van der Waals surface area contributed by atoms with Gasteiger partial charge >= 0.3 is 5.97 Å². The molecule has 0 aromatic heterocycles. The molecule has 0 aliphatic carbocycles. The Morgan fingerprint density at radius 3 is 1.17 bits per heavy atom. The van der Waals surface area contributed by atoms with Gasteiger partial charge < -0.3 is 220 Å². The first-order chi connectivity index (χ1) is 71.8. The highest BCUT2D eigenvalue weighted by Crippen LogP contribution is 2.42. The summed E-state index contributed by atoms with van der Waals surface area (Å²) >= 11 is 0. The van der Waals surface area contributed by atoms with Gasteiger partial charge in [0.05, 0.1) is 83.3 Å². The quantitative estimate of drug-likeness (QED) is 0.0210. The molecule has 150 heavy (non-hydrogen) atoms. The number of ether oxygens (including phenoxy) is 16. The summed E-state index contributed by atoms with van der Waals surface area (Å²) in [6, 6.07) is -6.81. The highest BCUT2D eigenvalue weighted by atomic mass is 16.8. The summed E-state index contributed by atoms with van der Waals surface area (Å²) in [5, 5.41) is 282. The molecule has 8 rings (SSSR count). The number of carboxylic acid groups (broad SMARTS) is 1. The average Bonchev–Trinajstić information content (AvgIpc) is 0.756. The van der Waals surface area contributed by atoms with Gasteiger partial charge in [0.2, 0.25) is 23.6 Å². The Hall–Kier alpha value is -4.47. The zero-order chi connectivity index (χ0) is 110. The molecule has 0 bridgehead atoms. The predicted molar refractivity (Wildman–Crippen MR) is 523 cm³/mol. The van der Waals surface area contributed by atoms with Crippen LogP contribution in [0.3, 0.4) is 0 Å². The van der Waals surface area contributed by atoms with E-state index in [9.17, 15) is 147 Å². The molecule has 874 valence electrons. The molecule has 16 unspecified atom stereocenters. The number of amides is 4. The van der Waals surface area contributed by atoms with E-state index in [1.165, 1.54) is 155 Å². The number of allylic oxidation sites excluding steroid dienone is 1. The molecular formula is C101H180N4O45. The van der Waals surface area contributed by atoms with E-state index in [0.29, 0.717) is 12.8 Å². The van der Waals surface area contributed by atoms with E-state index in [2.05, 4.69) is 35.1 Å². The van der Waals surface area contributed by atoms with Gasteiger partial charge in [-0.25, -0.2) is 4.79 Å². The Morgan fingerprint density at radius 2 is 0.727 bits per heavy atom. The van der Waals surface area contributed by atoms with Gasteiger partial charge in [0.1, 0.15) is 183 Å². The molecular weight excluding hydrogens is 1990 g/mol. The van der Waals surface area contributed by atoms with E-state index < -0.39 is 346 Å². The molecule has 8 aliphatic heterocycles. The van der Waals surface area contributed by atoms with Crippen molar-refractivity contribution in [2.45, 2.75) is 542 Å². The second-order valence-electron chi connectivity index (χ2n) is 41.3. The van der Waals surface area contributed by atoms with Gasteiger partial charge in [0.25, 0.3) is 5.79 Å². The van der Waals surface area contributed by atoms with Gasteiger partial charge in [-0.3, -0.25) is 19.2 Å². The molecule has 4 amide bonds. The number of hydrogen-bond acceptors (Lipinski definition) is 44. The summed E-state index contributed by atoms with van der Waals surface area (Å²) in [4.78, 5) is 65.8. The topological polar surface area (TPSA) is 767 Å². The van der Waals surface area contributed by atoms with Gasteiger partial charge in [-0.05, 0) is 26.2 Å². The normalized spacial score (nSPS) is 37.4. The molecule has 49 heteroatoms. The highest BCUT2D eigenvalue weighted by Gasteiger charge is 2.62. The van der Waals surface area contributed by atoms with E-state index in [-0.39, 0.29) is 12.3 Å². The Morgan fingerprint density at radius 1 is 0.367 bits per heavy atom. The number of aliphatic carboxylic acids is 1. The Balaban J connectivity index is 0.942. The lowest BCUT2D eigenvalue weighted by atomic mass is 9.88. The van der Waals surface area contributed by atoms with Gasteiger partial charge in [0, 0.05) is 33.6 Å². The number of unbranched alkanes of at least 4 members (excludes halogenated alkanes) is 33. The van der Waals surface area contributed by atoms with Crippen LogP contribution >= 0.6 is 0 Å². The van der Waals surface area contributed by atoms with Crippen LogP contribution in [0, 0.1) is 0 Å². The number of carboxylic acids is 1. The predicted octanol–water partition coefficient (Wildman–Crippen LogP) is -3.28. The second kappa shape index (κ2) is 67.8. The number of hydrogen-bond donors (Lipinski definition) is 28. The van der Waals surface area contributed by atoms with Crippen molar-refractivity contribution in [1.82, 2.24) is 21.3 Å². The summed E-state index contributed by atoms with van der Waals surface area (Å²) in [6.07, 6.45) is -35.3. The van der Waals surface area contributed by atoms with Crippen LogP contribution in [-0.2, 0) is 99.8 Å². The second-order valence-corrected chi connectivity index (χ2v) is 41.3. The number of carbonyl (C=O) groups is 5. The maximum Gasteiger partial charge on any atom is 0.364 e. The smallest absolute Gasteiger partial charge is 0.364 e. The van der Waals surface area contributed by atoms with Gasteiger partial charge in [-0.2, -0.15) is 0 Å². The monoisotopic (exact) mass is 2170 g/mol. The first-order valence-electron chi connectivity index (χ1n) is 54.5. The minimum absolute atomic E-state index is 0.132. The van der Waals surface area contributed by atoms with Crippen molar-refractivity contribution < 1.29 is 222 Å². The van der Waals surface area contributed by atoms with Crippen molar-refractivity contribution in [2.24, 2.45) is 0 Å². The molecule has 8 saturated heterocycles. The van der Waals surface area contributed by atoms with Crippen molar-refractivity contribution in [3.05, 3.63) is 12.2 Å². The van der Waals surface area contributed by atoms with Crippen molar-refractivity contribution in [3.8, 4) is 0 Å². The third-order valence-corrected chi connectivity index (χ3v) is 29.3. The van der Waals surface area contributed by atoms with Crippen LogP contribution in [0.15, 0.2) is 12.2 Å². The molecule has 0 aromatic carbocycles. The Bertz CT molecular complexity index is 3780. The molecule has 49 nitrogen and oxygen atoms in total. The van der Waals surface area contributed by atoms with Crippen molar-refractivity contribution in [3.63, 3.8) is 0 Å². The average molecular weight is 2170 g/mol. The first kappa shape index (κ1) is 131. The number of nitrogens with one attached hydrogen (secondary N) is 4. The van der Waals surface area contributed by atoms with Gasteiger partial charge in [0.15, 0.2) is 44.0 Å². The maximum absolute atomic E-state index is 13.8. The summed E-state index contributed by atoms with van der Waals surface area (Å²) in [7, 11) is 0. The molecule has 28 N–H and O–H groups in total.